The number of halogens is 1. The Bertz CT molecular complexity index is 521. The second-order valence-electron chi connectivity index (χ2n) is 3.59. The molecule has 0 radical (unpaired) electrons. The largest absolute Gasteiger partial charge is 0.324 e. The topological polar surface area (TPSA) is 59.8 Å². The number of hydrogen-bond acceptors (Lipinski definition) is 3. The summed E-state index contributed by atoms with van der Waals surface area (Å²) in [4.78, 5) is 11.7. The molecule has 0 spiro atoms. The van der Waals surface area contributed by atoms with E-state index in [9.17, 15) is 4.79 Å². The average Bonchev–Trinajstić information content (AvgIpc) is 2.68. The molecule has 0 aliphatic rings. The molecule has 1 aromatic carbocycles. The van der Waals surface area contributed by atoms with Gasteiger partial charge in [0.1, 0.15) is 6.54 Å². The van der Waals surface area contributed by atoms with Crippen LogP contribution < -0.4 is 5.32 Å². The fourth-order valence-corrected chi connectivity index (χ4v) is 1.60. The summed E-state index contributed by atoms with van der Waals surface area (Å²) in [6.07, 6.45) is 1.62. The van der Waals surface area contributed by atoms with E-state index >= 15 is 0 Å². The summed E-state index contributed by atoms with van der Waals surface area (Å²) < 4.78 is 2.52. The lowest BCUT2D eigenvalue weighted by Crippen LogP contribution is -2.20. The number of nitrogens with zero attached hydrogens (tertiary/aromatic N) is 3. The van der Waals surface area contributed by atoms with Crippen LogP contribution in [0.2, 0.25) is 0 Å². The maximum atomic E-state index is 11.7. The zero-order valence-corrected chi connectivity index (χ0v) is 10.8. The van der Waals surface area contributed by atoms with Gasteiger partial charge in [0, 0.05) is 10.2 Å². The third-order valence-corrected chi connectivity index (χ3v) is 2.76. The molecule has 0 saturated carbocycles. The van der Waals surface area contributed by atoms with Crippen LogP contribution in [0, 0.1) is 6.92 Å². The normalized spacial score (nSPS) is 10.2. The van der Waals surface area contributed by atoms with Crippen LogP contribution in [0.25, 0.3) is 0 Å². The molecule has 88 valence electrons. The zero-order valence-electron chi connectivity index (χ0n) is 9.22. The Labute approximate surface area is 107 Å². The second kappa shape index (κ2) is 5.09. The van der Waals surface area contributed by atoms with Gasteiger partial charge in [0.25, 0.3) is 0 Å². The number of aryl methyl sites for hydroxylation is 1. The van der Waals surface area contributed by atoms with Crippen LogP contribution in [0.4, 0.5) is 5.69 Å². The van der Waals surface area contributed by atoms with Gasteiger partial charge in [-0.05, 0) is 31.2 Å². The van der Waals surface area contributed by atoms with Crippen molar-refractivity contribution >= 4 is 27.5 Å². The molecule has 0 bridgehead atoms. The second-order valence-corrected chi connectivity index (χ2v) is 4.50. The van der Waals surface area contributed by atoms with Gasteiger partial charge in [-0.1, -0.05) is 21.1 Å². The van der Waals surface area contributed by atoms with Crippen molar-refractivity contribution in [2.24, 2.45) is 0 Å². The van der Waals surface area contributed by atoms with E-state index in [-0.39, 0.29) is 12.5 Å². The third-order valence-electron chi connectivity index (χ3n) is 2.23. The minimum atomic E-state index is -0.124. The monoisotopic (exact) mass is 294 g/mol. The summed E-state index contributed by atoms with van der Waals surface area (Å²) in [7, 11) is 0. The molecular weight excluding hydrogens is 284 g/mol. The molecule has 2 aromatic rings. The smallest absolute Gasteiger partial charge is 0.246 e. The van der Waals surface area contributed by atoms with Crippen molar-refractivity contribution in [1.82, 2.24) is 15.0 Å². The van der Waals surface area contributed by atoms with E-state index < -0.39 is 0 Å². The quantitative estimate of drug-likeness (QED) is 0.942. The van der Waals surface area contributed by atoms with E-state index in [4.69, 9.17) is 0 Å². The Morgan fingerprint density at radius 3 is 2.71 bits per heavy atom. The summed E-state index contributed by atoms with van der Waals surface area (Å²) in [5.41, 5.74) is 1.62. The van der Waals surface area contributed by atoms with Crippen molar-refractivity contribution < 1.29 is 4.79 Å². The molecule has 1 aromatic heterocycles. The van der Waals surface area contributed by atoms with Crippen molar-refractivity contribution in [2.75, 3.05) is 5.32 Å². The first kappa shape index (κ1) is 11.8. The Morgan fingerprint density at radius 2 is 2.12 bits per heavy atom. The summed E-state index contributed by atoms with van der Waals surface area (Å²) in [6.45, 7) is 2.02. The minimum absolute atomic E-state index is 0.124. The van der Waals surface area contributed by atoms with Gasteiger partial charge < -0.3 is 5.32 Å². The number of aromatic nitrogens is 3. The lowest BCUT2D eigenvalue weighted by Gasteiger charge is -2.05. The Balaban J connectivity index is 1.98. The van der Waals surface area contributed by atoms with Gasteiger partial charge in [0.05, 0.1) is 11.9 Å². The Morgan fingerprint density at radius 1 is 1.41 bits per heavy atom. The molecule has 2 rings (SSSR count). The Hall–Kier alpha value is -1.69. The summed E-state index contributed by atoms with van der Waals surface area (Å²) in [6, 6.07) is 7.40. The van der Waals surface area contributed by atoms with E-state index in [2.05, 4.69) is 31.6 Å². The highest BCUT2D eigenvalue weighted by atomic mass is 79.9. The maximum Gasteiger partial charge on any atom is 0.246 e. The van der Waals surface area contributed by atoms with Gasteiger partial charge in [0.15, 0.2) is 0 Å². The highest BCUT2D eigenvalue weighted by molar-refractivity contribution is 9.10. The molecule has 0 saturated heterocycles. The van der Waals surface area contributed by atoms with Crippen molar-refractivity contribution in [2.45, 2.75) is 13.5 Å². The van der Waals surface area contributed by atoms with Crippen molar-refractivity contribution in [1.29, 1.82) is 0 Å². The number of carbonyl (C=O) groups excluding carboxylic acids is 1. The van der Waals surface area contributed by atoms with Crippen LogP contribution in [0.15, 0.2) is 34.9 Å². The molecule has 1 amide bonds. The van der Waals surface area contributed by atoms with Crippen LogP contribution >= 0.6 is 15.9 Å². The fourth-order valence-electron chi connectivity index (χ4n) is 1.33. The molecule has 5 nitrogen and oxygen atoms in total. The van der Waals surface area contributed by atoms with Crippen molar-refractivity contribution in [3.8, 4) is 0 Å². The first-order valence-electron chi connectivity index (χ1n) is 5.05. The third kappa shape index (κ3) is 3.13. The molecule has 0 aliphatic carbocycles. The molecule has 0 aliphatic heterocycles. The minimum Gasteiger partial charge on any atom is -0.324 e. The van der Waals surface area contributed by atoms with E-state index in [1.54, 1.807) is 10.9 Å². The number of carbonyl (C=O) groups is 1. The molecule has 0 fully saturated rings. The van der Waals surface area contributed by atoms with E-state index in [1.165, 1.54) is 0 Å². The molecular formula is C11H11BrN4O. The van der Waals surface area contributed by atoms with Gasteiger partial charge in [-0.3, -0.25) is 4.79 Å². The lowest BCUT2D eigenvalue weighted by atomic mass is 10.3. The maximum absolute atomic E-state index is 11.7. The highest BCUT2D eigenvalue weighted by Gasteiger charge is 2.06. The highest BCUT2D eigenvalue weighted by Crippen LogP contribution is 2.14. The van der Waals surface area contributed by atoms with Crippen LogP contribution in [-0.2, 0) is 11.3 Å². The molecule has 0 unspecified atom stereocenters. The zero-order chi connectivity index (χ0) is 12.3. The summed E-state index contributed by atoms with van der Waals surface area (Å²) in [5, 5.41) is 10.3. The van der Waals surface area contributed by atoms with Gasteiger partial charge >= 0.3 is 0 Å². The summed E-state index contributed by atoms with van der Waals surface area (Å²) in [5.74, 6) is -0.124. The van der Waals surface area contributed by atoms with Gasteiger partial charge in [-0.25, -0.2) is 4.68 Å². The predicted octanol–water partition coefficient (Wildman–Crippen LogP) is 1.99. The van der Waals surface area contributed by atoms with Crippen LogP contribution in [-0.4, -0.2) is 20.9 Å². The SMILES string of the molecule is Cc1cnnn1CC(=O)Nc1ccc(Br)cc1. The van der Waals surface area contributed by atoms with Crippen LogP contribution in [0.5, 0.6) is 0 Å². The Kier molecular flexibility index (Phi) is 3.53. The number of hydrogen-bond donors (Lipinski definition) is 1. The standard InChI is InChI=1S/C11H11BrN4O/c1-8-6-13-15-16(8)7-11(17)14-10-4-2-9(12)3-5-10/h2-6H,7H2,1H3,(H,14,17). The average molecular weight is 295 g/mol. The molecule has 0 atom stereocenters. The predicted molar refractivity (Wildman–Crippen MR) is 67.5 cm³/mol. The molecule has 1 heterocycles. The van der Waals surface area contributed by atoms with Crippen molar-refractivity contribution in [3.63, 3.8) is 0 Å². The number of rotatable bonds is 3. The van der Waals surface area contributed by atoms with E-state index in [1.807, 2.05) is 31.2 Å². The molecule has 1 N–H and O–H groups in total. The fraction of sp³-hybridized carbons (Fsp3) is 0.182. The number of nitrogens with one attached hydrogen (secondary N) is 1. The van der Waals surface area contributed by atoms with Crippen molar-refractivity contribution in [3.05, 3.63) is 40.6 Å². The van der Waals surface area contributed by atoms with Crippen LogP contribution in [0.3, 0.4) is 0 Å². The molecule has 6 heteroatoms. The number of amides is 1. The van der Waals surface area contributed by atoms with Gasteiger partial charge in [0.2, 0.25) is 5.91 Å². The van der Waals surface area contributed by atoms with Gasteiger partial charge in [-0.15, -0.1) is 5.10 Å². The summed E-state index contributed by atoms with van der Waals surface area (Å²) >= 11 is 3.33. The first-order chi connectivity index (χ1) is 8.15. The van der Waals surface area contributed by atoms with Crippen LogP contribution in [0.1, 0.15) is 5.69 Å². The number of anilines is 1. The number of benzene rings is 1. The molecule has 17 heavy (non-hydrogen) atoms. The first-order valence-corrected chi connectivity index (χ1v) is 5.85. The lowest BCUT2D eigenvalue weighted by molar-refractivity contribution is -0.117. The van der Waals surface area contributed by atoms with E-state index in [0.29, 0.717) is 0 Å². The van der Waals surface area contributed by atoms with E-state index in [0.717, 1.165) is 15.9 Å². The van der Waals surface area contributed by atoms with Gasteiger partial charge in [-0.2, -0.15) is 0 Å².